The fraction of sp³-hybridized carbons (Fsp3) is 0.0588. The van der Waals surface area contributed by atoms with E-state index in [1.54, 1.807) is 0 Å². The van der Waals surface area contributed by atoms with Crippen molar-refractivity contribution >= 4 is 12.2 Å². The van der Waals surface area contributed by atoms with Crippen molar-refractivity contribution in [1.29, 1.82) is 0 Å². The fourth-order valence-electron chi connectivity index (χ4n) is 3.39. The van der Waals surface area contributed by atoms with E-state index in [1.165, 1.54) is 22.4 Å². The van der Waals surface area contributed by atoms with Crippen molar-refractivity contribution < 1.29 is 0 Å². The lowest BCUT2D eigenvalue weighted by atomic mass is 9.91. The van der Waals surface area contributed by atoms with Crippen molar-refractivity contribution in [3.05, 3.63) is 83.5 Å². The Labute approximate surface area is 117 Å². The first kappa shape index (κ1) is 10.1. The molecule has 3 aliphatic heterocycles. The number of hydrazine groups is 2. The maximum Gasteiger partial charge on any atom is 0.120 e. The van der Waals surface area contributed by atoms with Gasteiger partial charge in [0.1, 0.15) is 6.04 Å². The van der Waals surface area contributed by atoms with Crippen molar-refractivity contribution in [3.8, 4) is 0 Å². The Morgan fingerprint density at radius 2 is 1.70 bits per heavy atom. The molecule has 1 fully saturated rings. The highest BCUT2D eigenvalue weighted by molar-refractivity contribution is 5.70. The van der Waals surface area contributed by atoms with Gasteiger partial charge in [0, 0.05) is 18.6 Å². The second kappa shape index (κ2) is 3.45. The largest absolute Gasteiger partial charge is 0.260 e. The molecule has 5 rings (SSSR count). The van der Waals surface area contributed by atoms with E-state index in [2.05, 4.69) is 88.4 Å². The molecule has 0 amide bonds. The van der Waals surface area contributed by atoms with Crippen molar-refractivity contribution in [2.75, 3.05) is 0 Å². The van der Waals surface area contributed by atoms with Crippen LogP contribution in [-0.2, 0) is 0 Å². The maximum absolute atomic E-state index is 2.28. The highest BCUT2D eigenvalue weighted by atomic mass is 15.9. The van der Waals surface area contributed by atoms with Crippen LogP contribution >= 0.6 is 0 Å². The highest BCUT2D eigenvalue weighted by Gasteiger charge is 2.42. The van der Waals surface area contributed by atoms with Crippen LogP contribution in [-0.4, -0.2) is 15.1 Å². The van der Waals surface area contributed by atoms with Gasteiger partial charge in [-0.15, -0.1) is 0 Å². The minimum Gasteiger partial charge on any atom is -0.260 e. The number of allylic oxidation sites excluding steroid dienone is 4. The topological polar surface area (TPSA) is 9.72 Å². The Bertz CT molecular complexity index is 751. The minimum absolute atomic E-state index is 0.258. The summed E-state index contributed by atoms with van der Waals surface area (Å²) in [7, 11) is 0. The summed E-state index contributed by atoms with van der Waals surface area (Å²) in [6, 6.07) is 6.78. The van der Waals surface area contributed by atoms with E-state index in [0.29, 0.717) is 0 Å². The number of hydrogen-bond acceptors (Lipinski definition) is 3. The number of nitrogens with zero attached hydrogens (tertiary/aromatic N) is 3. The number of rotatable bonds is 0. The molecule has 0 spiro atoms. The van der Waals surface area contributed by atoms with Gasteiger partial charge in [0.15, 0.2) is 0 Å². The first-order chi connectivity index (χ1) is 9.93. The Kier molecular flexibility index (Phi) is 1.75. The van der Waals surface area contributed by atoms with Crippen LogP contribution in [0.4, 0.5) is 0 Å². The molecule has 4 aliphatic rings. The quantitative estimate of drug-likeness (QED) is 0.707. The number of hydrogen-bond donors (Lipinski definition) is 0. The molecule has 3 heterocycles. The molecule has 0 N–H and O–H groups in total. The molecule has 96 valence electrons. The Hall–Kier alpha value is -2.68. The third-order valence-electron chi connectivity index (χ3n) is 4.22. The zero-order valence-corrected chi connectivity index (χ0v) is 10.8. The Morgan fingerprint density at radius 3 is 2.65 bits per heavy atom. The molecule has 1 aromatic rings. The summed E-state index contributed by atoms with van der Waals surface area (Å²) in [4.78, 5) is 0. The SMILES string of the molecule is C1=Cc2cccc3c2C2C(=C1)N1C=CC=CN1N2C=C3. The zero-order chi connectivity index (χ0) is 13.1. The van der Waals surface area contributed by atoms with Gasteiger partial charge in [0.25, 0.3) is 0 Å². The van der Waals surface area contributed by atoms with Crippen LogP contribution in [0.1, 0.15) is 22.7 Å². The number of benzene rings is 1. The summed E-state index contributed by atoms with van der Waals surface area (Å²) < 4.78 is 0. The smallest absolute Gasteiger partial charge is 0.120 e. The summed E-state index contributed by atoms with van der Waals surface area (Å²) in [6.45, 7) is 0. The third kappa shape index (κ3) is 1.11. The lowest BCUT2D eigenvalue weighted by Gasteiger charge is -2.34. The van der Waals surface area contributed by atoms with Gasteiger partial charge >= 0.3 is 0 Å². The summed E-state index contributed by atoms with van der Waals surface area (Å²) >= 11 is 0. The van der Waals surface area contributed by atoms with Gasteiger partial charge in [0.05, 0.1) is 5.70 Å². The minimum atomic E-state index is 0.258. The Morgan fingerprint density at radius 1 is 0.850 bits per heavy atom. The summed E-state index contributed by atoms with van der Waals surface area (Å²) in [5.74, 6) is 0. The first-order valence-corrected chi connectivity index (χ1v) is 6.84. The summed E-state index contributed by atoms with van der Waals surface area (Å²) in [6.07, 6.45) is 19.3. The molecular weight excluding hydrogens is 246 g/mol. The van der Waals surface area contributed by atoms with Gasteiger partial charge in [-0.25, -0.2) is 5.01 Å². The van der Waals surface area contributed by atoms with Crippen LogP contribution in [0.3, 0.4) is 0 Å². The van der Waals surface area contributed by atoms with Crippen LogP contribution < -0.4 is 0 Å². The van der Waals surface area contributed by atoms with Gasteiger partial charge in [-0.3, -0.25) is 5.01 Å². The van der Waals surface area contributed by atoms with Gasteiger partial charge in [-0.05, 0) is 41.0 Å². The predicted molar refractivity (Wildman–Crippen MR) is 79.1 cm³/mol. The molecule has 1 saturated heterocycles. The molecule has 1 aliphatic carbocycles. The van der Waals surface area contributed by atoms with Crippen LogP contribution in [0.25, 0.3) is 12.2 Å². The molecule has 0 aromatic heterocycles. The zero-order valence-electron chi connectivity index (χ0n) is 10.8. The van der Waals surface area contributed by atoms with Crippen molar-refractivity contribution in [2.45, 2.75) is 6.04 Å². The van der Waals surface area contributed by atoms with Gasteiger partial charge in [0.2, 0.25) is 0 Å². The third-order valence-corrected chi connectivity index (χ3v) is 4.22. The van der Waals surface area contributed by atoms with Crippen LogP contribution in [0.15, 0.2) is 66.8 Å². The molecular formula is C17H13N3. The van der Waals surface area contributed by atoms with Crippen molar-refractivity contribution in [2.24, 2.45) is 0 Å². The molecule has 1 unspecified atom stereocenters. The van der Waals surface area contributed by atoms with Crippen LogP contribution in [0.5, 0.6) is 0 Å². The first-order valence-electron chi connectivity index (χ1n) is 6.84. The van der Waals surface area contributed by atoms with Crippen LogP contribution in [0.2, 0.25) is 0 Å². The molecule has 0 saturated carbocycles. The van der Waals surface area contributed by atoms with E-state index in [4.69, 9.17) is 0 Å². The molecule has 3 heteroatoms. The van der Waals surface area contributed by atoms with Gasteiger partial charge in [-0.2, -0.15) is 5.12 Å². The summed E-state index contributed by atoms with van der Waals surface area (Å²) in [5, 5.41) is 6.65. The van der Waals surface area contributed by atoms with E-state index >= 15 is 0 Å². The van der Waals surface area contributed by atoms with Gasteiger partial charge < -0.3 is 0 Å². The lowest BCUT2D eigenvalue weighted by Crippen LogP contribution is -2.37. The van der Waals surface area contributed by atoms with Gasteiger partial charge in [-0.1, -0.05) is 30.4 Å². The Balaban J connectivity index is 1.82. The second-order valence-corrected chi connectivity index (χ2v) is 5.25. The van der Waals surface area contributed by atoms with Crippen molar-refractivity contribution in [3.63, 3.8) is 0 Å². The maximum atomic E-state index is 2.28. The average Bonchev–Trinajstić information content (AvgIpc) is 2.68. The van der Waals surface area contributed by atoms with Crippen molar-refractivity contribution in [1.82, 2.24) is 15.1 Å². The molecule has 0 radical (unpaired) electrons. The lowest BCUT2D eigenvalue weighted by molar-refractivity contribution is -0.0195. The monoisotopic (exact) mass is 259 g/mol. The molecule has 3 nitrogen and oxygen atoms in total. The molecule has 1 aromatic carbocycles. The summed E-state index contributed by atoms with van der Waals surface area (Å²) in [5.41, 5.74) is 5.31. The van der Waals surface area contributed by atoms with E-state index in [0.717, 1.165) is 0 Å². The number of fused-ring (bicyclic) bond motifs is 3. The fourth-order valence-corrected chi connectivity index (χ4v) is 3.39. The molecule has 20 heavy (non-hydrogen) atoms. The average molecular weight is 259 g/mol. The molecule has 1 atom stereocenters. The van der Waals surface area contributed by atoms with E-state index in [1.807, 2.05) is 0 Å². The normalized spacial score (nSPS) is 23.7. The predicted octanol–water partition coefficient (Wildman–Crippen LogP) is 3.41. The second-order valence-electron chi connectivity index (χ2n) is 5.25. The standard InChI is InChI=1S/C17H13N3/c1-2-11-20-18(10-1)15-8-4-7-13-5-3-6-14-9-12-19(20)17(15)16(13)14/h1-12,17H. The van der Waals surface area contributed by atoms with Crippen LogP contribution in [0, 0.1) is 0 Å². The highest BCUT2D eigenvalue weighted by Crippen LogP contribution is 2.47. The van der Waals surface area contributed by atoms with E-state index in [9.17, 15) is 0 Å². The van der Waals surface area contributed by atoms with E-state index < -0.39 is 0 Å². The van der Waals surface area contributed by atoms with E-state index in [-0.39, 0.29) is 6.04 Å². The molecule has 0 bridgehead atoms.